The molecule has 0 N–H and O–H groups in total. The van der Waals surface area contributed by atoms with Gasteiger partial charge in [0.05, 0.1) is 142 Å². The molecule has 408 valence electrons. The van der Waals surface area contributed by atoms with Crippen LogP contribution < -0.4 is 9.13 Å². The van der Waals surface area contributed by atoms with E-state index in [1.54, 1.807) is 24.3 Å². The van der Waals surface area contributed by atoms with Crippen LogP contribution in [0.25, 0.3) is 22.1 Å². The van der Waals surface area contributed by atoms with Crippen molar-refractivity contribution in [3.8, 4) is 0 Å². The summed E-state index contributed by atoms with van der Waals surface area (Å²) in [6.07, 6.45) is 4.26. The monoisotopic (exact) mass is 1070 g/mol. The van der Waals surface area contributed by atoms with Gasteiger partial charge in [-0.3, -0.25) is 0 Å². The van der Waals surface area contributed by atoms with Crippen LogP contribution in [0.2, 0.25) is 0 Å². The zero-order valence-electron chi connectivity index (χ0n) is 42.5. The Morgan fingerprint density at radius 3 is 0.905 bits per heavy atom. The molecule has 4 bridgehead atoms. The molecule has 0 aliphatic carbocycles. The standard InChI is InChI=1S/C38H58N4O10.2C7H8O3S/c1-2-6-36-35(5-1)39-9-13-43-17-21-47-25-29-51-31-27-49-23-19-45-15-11-41-34-42(38-8-4-3-7-37(38)41)12-16-46-20-24-50-28-32-52-30-26-48-22-18-44-14-10-40(36)33-39;2*1-6-2-4-7(5-3-6)11(8,9)10/h1-8,33-34H,9-32H2;2*2-5H,1H3,(H,8,9,10)/q+2;;/p-2. The number of ether oxygens (including phenoxy) is 10. The van der Waals surface area contributed by atoms with Crippen molar-refractivity contribution in [3.63, 3.8) is 0 Å². The second kappa shape index (κ2) is 34.0. The van der Waals surface area contributed by atoms with Gasteiger partial charge < -0.3 is 56.5 Å². The summed E-state index contributed by atoms with van der Waals surface area (Å²) in [7, 11) is -8.54. The summed E-state index contributed by atoms with van der Waals surface area (Å²) < 4.78 is 128. The third-order valence-corrected chi connectivity index (χ3v) is 12.8. The lowest BCUT2D eigenvalue weighted by atomic mass is 10.2. The summed E-state index contributed by atoms with van der Waals surface area (Å²) in [5, 5.41) is 0. The van der Waals surface area contributed by atoms with Crippen LogP contribution in [0.1, 0.15) is 11.1 Å². The molecule has 0 atom stereocenters. The van der Waals surface area contributed by atoms with E-state index in [2.05, 4.69) is 79.5 Å². The van der Waals surface area contributed by atoms with Gasteiger partial charge >= 0.3 is 0 Å². The average Bonchev–Trinajstić information content (AvgIpc) is 3.92. The molecule has 1 aliphatic rings. The second-order valence-electron chi connectivity index (χ2n) is 16.6. The Bertz CT molecular complexity index is 2410. The first-order chi connectivity index (χ1) is 35.9. The summed E-state index contributed by atoms with van der Waals surface area (Å²) in [6.45, 7) is 17.5. The van der Waals surface area contributed by atoms with E-state index in [0.29, 0.717) is 132 Å². The Morgan fingerprint density at radius 2 is 0.622 bits per heavy atom. The van der Waals surface area contributed by atoms with Crippen molar-refractivity contribution in [3.05, 3.63) is 121 Å². The van der Waals surface area contributed by atoms with E-state index in [-0.39, 0.29) is 9.79 Å². The number of aryl methyl sites for hydroxylation is 2. The first-order valence-electron chi connectivity index (χ1n) is 24.7. The van der Waals surface area contributed by atoms with Crippen LogP contribution in [-0.4, -0.2) is 167 Å². The lowest BCUT2D eigenvalue weighted by molar-refractivity contribution is -0.674. The molecule has 22 heteroatoms. The van der Waals surface area contributed by atoms with Crippen LogP contribution in [0.4, 0.5) is 0 Å². The van der Waals surface area contributed by atoms with E-state index < -0.39 is 20.2 Å². The van der Waals surface area contributed by atoms with E-state index >= 15 is 0 Å². The maximum atomic E-state index is 10.4. The molecule has 4 aromatic carbocycles. The minimum absolute atomic E-state index is 0.178. The highest BCUT2D eigenvalue weighted by Crippen LogP contribution is 2.13. The molecule has 0 fully saturated rings. The van der Waals surface area contributed by atoms with Crippen LogP contribution in [0.3, 0.4) is 0 Å². The largest absolute Gasteiger partial charge is 0.744 e. The Labute approximate surface area is 435 Å². The predicted octanol–water partition coefficient (Wildman–Crippen LogP) is 3.85. The van der Waals surface area contributed by atoms with Crippen molar-refractivity contribution in [2.24, 2.45) is 0 Å². The van der Waals surface area contributed by atoms with Gasteiger partial charge in [-0.15, -0.1) is 0 Å². The van der Waals surface area contributed by atoms with Gasteiger partial charge in [0, 0.05) is 0 Å². The molecule has 0 spiro atoms. The highest BCUT2D eigenvalue weighted by atomic mass is 32.2. The second-order valence-corrected chi connectivity index (χ2v) is 19.4. The number of nitrogens with zero attached hydrogens (tertiary/aromatic N) is 4. The number of benzene rings is 4. The van der Waals surface area contributed by atoms with E-state index in [4.69, 9.17) is 47.4 Å². The molecule has 6 aromatic rings. The molecule has 1 aliphatic heterocycles. The van der Waals surface area contributed by atoms with E-state index in [1.165, 1.54) is 46.3 Å². The first kappa shape index (κ1) is 60.1. The minimum atomic E-state index is -4.27. The SMILES string of the molecule is Cc1ccc(S(=O)(=O)[O-])cc1.Cc1ccc(S(=O)(=O)[O-])cc1.c1ccc2c(c1)n1c[n+]2CCOCCOCCOCCOCCOCC[n+]2cn(c3ccccc32)CCOCCOCCOCCOCCOCC1. The number of hydrogen-bond donors (Lipinski definition) is 0. The van der Waals surface area contributed by atoms with Gasteiger partial charge in [0.2, 0.25) is 12.7 Å². The average molecular weight is 1070 g/mol. The normalized spacial score (nSPS) is 17.5. The van der Waals surface area contributed by atoms with Crippen LogP contribution in [0, 0.1) is 13.8 Å². The van der Waals surface area contributed by atoms with E-state index in [9.17, 15) is 25.9 Å². The van der Waals surface area contributed by atoms with Gasteiger partial charge in [-0.05, 0) is 62.4 Å². The van der Waals surface area contributed by atoms with Crippen molar-refractivity contribution in [1.82, 2.24) is 9.13 Å². The van der Waals surface area contributed by atoms with E-state index in [0.717, 1.165) is 37.3 Å². The molecule has 2 aromatic heterocycles. The van der Waals surface area contributed by atoms with Gasteiger partial charge in [0.1, 0.15) is 46.4 Å². The topological polar surface area (TPSA) is 224 Å². The Kier molecular flexibility index (Phi) is 27.6. The lowest BCUT2D eigenvalue weighted by Crippen LogP contribution is -2.35. The number of para-hydroxylation sites is 4. The van der Waals surface area contributed by atoms with Crippen LogP contribution in [0.5, 0.6) is 0 Å². The minimum Gasteiger partial charge on any atom is -0.744 e. The molecule has 74 heavy (non-hydrogen) atoms. The highest BCUT2D eigenvalue weighted by molar-refractivity contribution is 7.86. The molecule has 0 saturated heterocycles. The molecule has 0 unspecified atom stereocenters. The molecule has 20 nitrogen and oxygen atoms in total. The summed E-state index contributed by atoms with van der Waals surface area (Å²) >= 11 is 0. The number of imidazole rings is 2. The van der Waals surface area contributed by atoms with Crippen LogP contribution >= 0.6 is 0 Å². The van der Waals surface area contributed by atoms with Crippen molar-refractivity contribution in [2.75, 3.05) is 132 Å². The summed E-state index contributed by atoms with van der Waals surface area (Å²) in [6, 6.07) is 28.3. The first-order valence-corrected chi connectivity index (χ1v) is 27.5. The third kappa shape index (κ3) is 23.0. The molecule has 0 saturated carbocycles. The van der Waals surface area contributed by atoms with Crippen molar-refractivity contribution in [2.45, 2.75) is 49.8 Å². The van der Waals surface area contributed by atoms with Crippen molar-refractivity contribution in [1.29, 1.82) is 0 Å². The van der Waals surface area contributed by atoms with Crippen molar-refractivity contribution < 1.29 is 82.4 Å². The Morgan fingerprint density at radius 1 is 0.365 bits per heavy atom. The fraction of sp³-hybridized carbons (Fsp3) is 0.500. The quantitative estimate of drug-likeness (QED) is 0.177. The van der Waals surface area contributed by atoms with Gasteiger partial charge in [-0.25, -0.2) is 35.1 Å². The number of hydrogen-bond acceptors (Lipinski definition) is 16. The third-order valence-electron chi connectivity index (χ3n) is 11.1. The number of fused-ring (bicyclic) bond motifs is 10. The smallest absolute Gasteiger partial charge is 0.244 e. The number of rotatable bonds is 2. The fourth-order valence-electron chi connectivity index (χ4n) is 7.22. The molecule has 0 amide bonds. The highest BCUT2D eigenvalue weighted by Gasteiger charge is 2.16. The maximum Gasteiger partial charge on any atom is 0.244 e. The fourth-order valence-corrected chi connectivity index (χ4v) is 8.16. The van der Waals surface area contributed by atoms with Crippen LogP contribution in [0.15, 0.2) is 120 Å². The molecular weight excluding hydrogens is 1000 g/mol. The Balaban J connectivity index is 0.000000376. The summed E-state index contributed by atoms with van der Waals surface area (Å²) in [5.41, 5.74) is 6.53. The Hall–Kier alpha value is -4.76. The predicted molar refractivity (Wildman–Crippen MR) is 271 cm³/mol. The molecular formula is C52H72N4O16S2. The van der Waals surface area contributed by atoms with E-state index in [1.807, 2.05) is 13.8 Å². The number of aromatic nitrogens is 4. The van der Waals surface area contributed by atoms with Gasteiger partial charge in [-0.2, -0.15) is 0 Å². The van der Waals surface area contributed by atoms with Gasteiger partial charge in [0.15, 0.2) is 22.1 Å². The molecule has 3 heterocycles. The van der Waals surface area contributed by atoms with Crippen molar-refractivity contribution >= 4 is 42.3 Å². The summed E-state index contributed by atoms with van der Waals surface area (Å²) in [5.74, 6) is 0. The lowest BCUT2D eigenvalue weighted by Gasteiger charge is -2.08. The zero-order chi connectivity index (χ0) is 52.7. The van der Waals surface area contributed by atoms with Crippen LogP contribution in [-0.2, 0) is 93.8 Å². The summed E-state index contributed by atoms with van der Waals surface area (Å²) in [4.78, 5) is -0.355. The van der Waals surface area contributed by atoms with Gasteiger partial charge in [0.25, 0.3) is 0 Å². The molecule has 0 radical (unpaired) electrons. The molecule has 7 rings (SSSR count). The zero-order valence-corrected chi connectivity index (χ0v) is 44.1. The maximum absolute atomic E-state index is 10.4. The van der Waals surface area contributed by atoms with Gasteiger partial charge in [-0.1, -0.05) is 59.7 Å².